The van der Waals surface area contributed by atoms with E-state index in [4.69, 9.17) is 28.0 Å². The highest BCUT2D eigenvalue weighted by Crippen LogP contribution is 2.46. The van der Waals surface area contributed by atoms with Gasteiger partial charge in [0.15, 0.2) is 0 Å². The van der Waals surface area contributed by atoms with Gasteiger partial charge in [0, 0.05) is 34.2 Å². The number of aliphatic hydroxyl groups is 1. The van der Waals surface area contributed by atoms with Crippen LogP contribution in [0.2, 0.25) is 10.0 Å². The maximum atomic E-state index is 14.2. The Bertz CT molecular complexity index is 1320. The minimum absolute atomic E-state index is 0.00483. The average Bonchev–Trinajstić information content (AvgIpc) is 2.97. The Labute approximate surface area is 244 Å². The lowest BCUT2D eigenvalue weighted by atomic mass is 9.76. The highest BCUT2D eigenvalue weighted by molar-refractivity contribution is 6.30. The van der Waals surface area contributed by atoms with Gasteiger partial charge in [-0.2, -0.15) is 0 Å². The molecule has 0 unspecified atom stereocenters. The van der Waals surface area contributed by atoms with E-state index in [1.165, 1.54) is 0 Å². The molecule has 3 aromatic carbocycles. The van der Waals surface area contributed by atoms with Crippen molar-refractivity contribution in [1.29, 1.82) is 0 Å². The van der Waals surface area contributed by atoms with Crippen LogP contribution < -0.4 is 10.8 Å². The molecule has 0 saturated heterocycles. The number of nitrogens with one attached hydrogen (secondary N) is 2. The molecule has 0 aromatic heterocycles. The van der Waals surface area contributed by atoms with Crippen LogP contribution in [0.15, 0.2) is 72.8 Å². The molecule has 1 saturated carbocycles. The van der Waals surface area contributed by atoms with E-state index in [-0.39, 0.29) is 37.1 Å². The zero-order chi connectivity index (χ0) is 28.1. The Hall–Kier alpha value is -2.94. The molecule has 3 aromatic rings. The van der Waals surface area contributed by atoms with Gasteiger partial charge in [-0.15, -0.1) is 0 Å². The number of benzene rings is 3. The summed E-state index contributed by atoms with van der Waals surface area (Å²) in [5.41, 5.74) is 5.51. The molecule has 210 valence electrons. The zero-order valence-electron chi connectivity index (χ0n) is 22.1. The van der Waals surface area contributed by atoms with Crippen LogP contribution in [0, 0.1) is 0 Å². The number of amides is 2. The van der Waals surface area contributed by atoms with Crippen molar-refractivity contribution in [2.24, 2.45) is 0 Å². The first kappa shape index (κ1) is 28.6. The molecule has 1 aliphatic heterocycles. The summed E-state index contributed by atoms with van der Waals surface area (Å²) < 4.78 is 0. The Kier molecular flexibility index (Phi) is 9.40. The van der Waals surface area contributed by atoms with E-state index >= 15 is 0 Å². The SMILES string of the molecule is O=C(NOCc1ccc(Cl)cc1)[C@@H]1c2ccccc2C(=O)N([C@H]2CCCC[C@@H]2NCCO)[C@H]1c1ccc(Cl)cc1. The van der Waals surface area contributed by atoms with Gasteiger partial charge in [0.2, 0.25) is 0 Å². The molecule has 3 N–H and O–H groups in total. The average molecular weight is 583 g/mol. The largest absolute Gasteiger partial charge is 0.395 e. The van der Waals surface area contributed by atoms with Gasteiger partial charge in [0.25, 0.3) is 11.8 Å². The number of hydroxylamine groups is 1. The highest BCUT2D eigenvalue weighted by Gasteiger charge is 2.48. The summed E-state index contributed by atoms with van der Waals surface area (Å²) in [5, 5.41) is 14.1. The van der Waals surface area contributed by atoms with E-state index in [0.717, 1.165) is 36.8 Å². The molecule has 1 fully saturated rings. The van der Waals surface area contributed by atoms with E-state index in [0.29, 0.717) is 27.7 Å². The number of carbonyl (C=O) groups excluding carboxylic acids is 2. The smallest absolute Gasteiger partial charge is 0.255 e. The summed E-state index contributed by atoms with van der Waals surface area (Å²) in [6.07, 6.45) is 3.68. The number of hydrogen-bond donors (Lipinski definition) is 3. The van der Waals surface area contributed by atoms with Crippen LogP contribution in [0.25, 0.3) is 0 Å². The minimum Gasteiger partial charge on any atom is -0.395 e. The van der Waals surface area contributed by atoms with Gasteiger partial charge in [0.05, 0.1) is 25.2 Å². The molecule has 5 rings (SSSR count). The van der Waals surface area contributed by atoms with Crippen molar-refractivity contribution in [3.63, 3.8) is 0 Å². The standard InChI is InChI=1S/C31H33Cl2N3O4/c32-22-13-9-20(10-14-22)19-40-35-30(38)28-24-5-1-2-6-25(24)31(39)36(29(28)21-11-15-23(33)16-12-21)27-8-4-3-7-26(27)34-17-18-37/h1-2,5-6,9-16,26-29,34,37H,3-4,7-8,17-19H2,(H,35,38)/t26-,27-,28+,29-/m0/s1. The van der Waals surface area contributed by atoms with Gasteiger partial charge in [-0.25, -0.2) is 5.48 Å². The lowest BCUT2D eigenvalue weighted by Crippen LogP contribution is -2.58. The summed E-state index contributed by atoms with van der Waals surface area (Å²) in [5.74, 6) is -1.17. The van der Waals surface area contributed by atoms with E-state index < -0.39 is 12.0 Å². The molecular formula is C31H33Cl2N3O4. The lowest BCUT2D eigenvalue weighted by Gasteiger charge is -2.49. The second-order valence-corrected chi connectivity index (χ2v) is 11.2. The third-order valence-corrected chi connectivity index (χ3v) is 8.30. The summed E-state index contributed by atoms with van der Waals surface area (Å²) in [4.78, 5) is 35.8. The minimum atomic E-state index is -0.722. The third kappa shape index (κ3) is 6.19. The number of halogens is 2. The third-order valence-electron chi connectivity index (χ3n) is 7.80. The van der Waals surface area contributed by atoms with Crippen LogP contribution in [0.4, 0.5) is 0 Å². The zero-order valence-corrected chi connectivity index (χ0v) is 23.6. The van der Waals surface area contributed by atoms with Crippen LogP contribution in [0.1, 0.15) is 64.7 Å². The molecule has 1 heterocycles. The lowest BCUT2D eigenvalue weighted by molar-refractivity contribution is -0.138. The van der Waals surface area contributed by atoms with E-state index in [9.17, 15) is 14.7 Å². The van der Waals surface area contributed by atoms with Gasteiger partial charge in [-0.1, -0.05) is 78.5 Å². The molecule has 1 aliphatic carbocycles. The van der Waals surface area contributed by atoms with Gasteiger partial charge in [0.1, 0.15) is 0 Å². The molecule has 0 bridgehead atoms. The first-order valence-corrected chi connectivity index (χ1v) is 14.4. The fraction of sp³-hybridized carbons (Fsp3) is 0.355. The number of hydrogen-bond acceptors (Lipinski definition) is 5. The Morgan fingerprint density at radius 1 is 0.950 bits per heavy atom. The van der Waals surface area contributed by atoms with Crippen molar-refractivity contribution >= 4 is 35.0 Å². The van der Waals surface area contributed by atoms with E-state index in [1.807, 2.05) is 47.4 Å². The number of rotatable bonds is 9. The second-order valence-electron chi connectivity index (χ2n) is 10.3. The predicted molar refractivity (Wildman–Crippen MR) is 155 cm³/mol. The van der Waals surface area contributed by atoms with Gasteiger partial charge < -0.3 is 15.3 Å². The summed E-state index contributed by atoms with van der Waals surface area (Å²) in [6.45, 7) is 0.617. The number of aliphatic hydroxyl groups excluding tert-OH is 1. The molecule has 40 heavy (non-hydrogen) atoms. The van der Waals surface area contributed by atoms with Crippen molar-refractivity contribution in [3.8, 4) is 0 Å². The first-order chi connectivity index (χ1) is 19.5. The van der Waals surface area contributed by atoms with Crippen molar-refractivity contribution < 1.29 is 19.5 Å². The monoisotopic (exact) mass is 581 g/mol. The van der Waals surface area contributed by atoms with Crippen molar-refractivity contribution in [3.05, 3.63) is 105 Å². The van der Waals surface area contributed by atoms with Crippen LogP contribution >= 0.6 is 23.2 Å². The van der Waals surface area contributed by atoms with Crippen LogP contribution in [-0.2, 0) is 16.2 Å². The van der Waals surface area contributed by atoms with Crippen LogP contribution in [-0.4, -0.2) is 47.1 Å². The van der Waals surface area contributed by atoms with Gasteiger partial charge in [-0.3, -0.25) is 14.4 Å². The van der Waals surface area contributed by atoms with Gasteiger partial charge >= 0.3 is 0 Å². The number of nitrogens with zero attached hydrogens (tertiary/aromatic N) is 1. The quantitative estimate of drug-likeness (QED) is 0.294. The summed E-state index contributed by atoms with van der Waals surface area (Å²) in [7, 11) is 0. The molecule has 0 radical (unpaired) electrons. The van der Waals surface area contributed by atoms with E-state index in [2.05, 4.69) is 10.8 Å². The number of carbonyl (C=O) groups is 2. The summed E-state index contributed by atoms with van der Waals surface area (Å²) >= 11 is 12.2. The van der Waals surface area contributed by atoms with E-state index in [1.54, 1.807) is 30.3 Å². The molecule has 2 aliphatic rings. The van der Waals surface area contributed by atoms with Crippen LogP contribution in [0.5, 0.6) is 0 Å². The highest BCUT2D eigenvalue weighted by atomic mass is 35.5. The Balaban J connectivity index is 1.53. The Morgan fingerprint density at radius 3 is 2.35 bits per heavy atom. The molecule has 0 spiro atoms. The van der Waals surface area contributed by atoms with Crippen LogP contribution in [0.3, 0.4) is 0 Å². The van der Waals surface area contributed by atoms with Gasteiger partial charge in [-0.05, 0) is 59.9 Å². The molecule has 2 amide bonds. The maximum absolute atomic E-state index is 14.2. The fourth-order valence-corrected chi connectivity index (χ4v) is 6.23. The molecule has 9 heteroatoms. The first-order valence-electron chi connectivity index (χ1n) is 13.7. The van der Waals surface area contributed by atoms with Crippen molar-refractivity contribution in [2.45, 2.75) is 56.3 Å². The summed E-state index contributed by atoms with van der Waals surface area (Å²) in [6, 6.07) is 21.1. The number of fused-ring (bicyclic) bond motifs is 1. The maximum Gasteiger partial charge on any atom is 0.255 e. The predicted octanol–water partition coefficient (Wildman–Crippen LogP) is 5.42. The molecule has 4 atom stereocenters. The van der Waals surface area contributed by atoms with Crippen molar-refractivity contribution in [1.82, 2.24) is 15.7 Å². The molecular weight excluding hydrogens is 549 g/mol. The second kappa shape index (κ2) is 13.1. The fourth-order valence-electron chi connectivity index (χ4n) is 5.98. The molecule has 7 nitrogen and oxygen atoms in total. The van der Waals surface area contributed by atoms with Crippen molar-refractivity contribution in [2.75, 3.05) is 13.2 Å². The topological polar surface area (TPSA) is 90.9 Å². The normalized spacial score (nSPS) is 22.6. The Morgan fingerprint density at radius 2 is 1.62 bits per heavy atom.